The summed E-state index contributed by atoms with van der Waals surface area (Å²) >= 11 is 12.5. The molecule has 10 heteroatoms. The van der Waals surface area contributed by atoms with Crippen molar-refractivity contribution in [3.63, 3.8) is 0 Å². The molecule has 0 aliphatic heterocycles. The number of rotatable bonds is 7. The van der Waals surface area contributed by atoms with Gasteiger partial charge in [-0.05, 0) is 68.5 Å². The highest BCUT2D eigenvalue weighted by Gasteiger charge is 2.08. The highest BCUT2D eigenvalue weighted by Crippen LogP contribution is 2.30. The molecule has 202 valence electrons. The molecule has 0 bridgehead atoms. The average molecular weight is 585 g/mol. The summed E-state index contributed by atoms with van der Waals surface area (Å²) in [4.78, 5) is 8.51. The fraction of sp³-hybridized carbons (Fsp3) is 0.207. The molecule has 0 spiro atoms. The first-order chi connectivity index (χ1) is 18.7. The number of hydrogen-bond donors (Lipinski definition) is 0. The van der Waals surface area contributed by atoms with E-state index >= 15 is 0 Å². The van der Waals surface area contributed by atoms with Crippen LogP contribution in [0, 0.1) is 18.3 Å². The van der Waals surface area contributed by atoms with Gasteiger partial charge in [-0.1, -0.05) is 78.2 Å². The Kier molecular flexibility index (Phi) is 13.7. The summed E-state index contributed by atoms with van der Waals surface area (Å²) in [6, 6.07) is 25.2. The summed E-state index contributed by atoms with van der Waals surface area (Å²) in [6.07, 6.45) is 5.06. The largest absolute Gasteiger partial charge is 0.456 e. The zero-order valence-electron chi connectivity index (χ0n) is 21.5. The summed E-state index contributed by atoms with van der Waals surface area (Å²) < 4.78 is 31.1. The molecule has 0 N–H and O–H groups in total. The lowest BCUT2D eigenvalue weighted by molar-refractivity contribution is 0.482. The van der Waals surface area contributed by atoms with Crippen molar-refractivity contribution in [2.24, 2.45) is 0 Å². The van der Waals surface area contributed by atoms with E-state index in [4.69, 9.17) is 45.8 Å². The number of aromatic nitrogens is 2. The Morgan fingerprint density at radius 3 is 2.08 bits per heavy atom. The highest BCUT2D eigenvalue weighted by atomic mass is 35.5. The molecule has 0 radical (unpaired) electrons. The topological polar surface area (TPSA) is 110 Å². The third-order valence-electron chi connectivity index (χ3n) is 5.30. The fourth-order valence-electron chi connectivity index (χ4n) is 3.37. The first kappa shape index (κ1) is 31.4. The minimum absolute atomic E-state index is 0.413. The first-order valence-corrected chi connectivity index (χ1v) is 13.7. The van der Waals surface area contributed by atoms with Crippen LogP contribution in [0.15, 0.2) is 79.1 Å². The molecule has 0 saturated carbocycles. The zero-order valence-corrected chi connectivity index (χ0v) is 23.8. The van der Waals surface area contributed by atoms with E-state index in [9.17, 15) is 0 Å². The number of nitrogens with zero attached hydrogens (tertiary/aromatic N) is 3. The second-order valence-electron chi connectivity index (χ2n) is 8.15. The molecule has 3 aromatic carbocycles. The third-order valence-corrected chi connectivity index (χ3v) is 6.03. The normalized spacial score (nSPS) is 9.72. The number of hydrogen-bond acceptors (Lipinski definition) is 7. The lowest BCUT2D eigenvalue weighted by Crippen LogP contribution is -1.99. The first-order valence-electron chi connectivity index (χ1n) is 12.0. The van der Waals surface area contributed by atoms with Crippen LogP contribution in [0.5, 0.6) is 11.5 Å². The predicted octanol–water partition coefficient (Wildman–Crippen LogP) is 7.18. The van der Waals surface area contributed by atoms with Gasteiger partial charge in [0.1, 0.15) is 17.8 Å². The molecule has 0 saturated heterocycles. The molecule has 4 rings (SSSR count). The van der Waals surface area contributed by atoms with Crippen molar-refractivity contribution in [2.75, 3.05) is 0 Å². The second kappa shape index (κ2) is 16.9. The van der Waals surface area contributed by atoms with E-state index in [1.54, 1.807) is 24.5 Å². The summed E-state index contributed by atoms with van der Waals surface area (Å²) in [5.41, 5.74) is 4.84. The Morgan fingerprint density at radius 1 is 0.897 bits per heavy atom. The van der Waals surface area contributed by atoms with Gasteiger partial charge in [-0.15, -0.1) is 12.6 Å². The van der Waals surface area contributed by atoms with Gasteiger partial charge in [0.2, 0.25) is 0 Å². The number of aryl methyl sites for hydroxylation is 4. The standard InChI is InChI=1S/C22H19Cl2N3O.C7H8.O3S/c1-2-19-22(24)20(27-14-26-19)5-3-4-15-6-9-17(10-7-15)28-21-11-8-16(13-25)12-18(21)23;1-7-5-3-2-4-6-7;1-4(2)3/h6-12,14H,2-5H2,1H3;2-6H,1H3;. The molecule has 1 heterocycles. The van der Waals surface area contributed by atoms with Crippen molar-refractivity contribution in [3.8, 4) is 17.6 Å². The smallest absolute Gasteiger partial charge is 0.425 e. The van der Waals surface area contributed by atoms with Crippen molar-refractivity contribution in [3.05, 3.63) is 117 Å². The maximum Gasteiger partial charge on any atom is 0.425 e. The molecule has 0 unspecified atom stereocenters. The quantitative estimate of drug-likeness (QED) is 0.226. The van der Waals surface area contributed by atoms with E-state index in [2.05, 4.69) is 35.1 Å². The fourth-order valence-corrected chi connectivity index (χ4v) is 3.91. The van der Waals surface area contributed by atoms with Crippen molar-refractivity contribution >= 4 is 33.8 Å². The molecule has 0 atom stereocenters. The van der Waals surface area contributed by atoms with Crippen molar-refractivity contribution in [2.45, 2.75) is 39.5 Å². The van der Waals surface area contributed by atoms with Crippen LogP contribution in [-0.4, -0.2) is 22.6 Å². The Morgan fingerprint density at radius 2 is 1.54 bits per heavy atom. The van der Waals surface area contributed by atoms with E-state index < -0.39 is 10.6 Å². The van der Waals surface area contributed by atoms with Gasteiger partial charge in [-0.2, -0.15) is 5.26 Å². The molecule has 39 heavy (non-hydrogen) atoms. The van der Waals surface area contributed by atoms with Gasteiger partial charge in [0, 0.05) is 0 Å². The Labute approximate surface area is 240 Å². The van der Waals surface area contributed by atoms with E-state index in [0.29, 0.717) is 27.1 Å². The number of nitriles is 1. The van der Waals surface area contributed by atoms with Crippen LogP contribution < -0.4 is 4.74 Å². The second-order valence-corrected chi connectivity index (χ2v) is 9.34. The maximum atomic E-state index is 8.89. The monoisotopic (exact) mass is 583 g/mol. The summed E-state index contributed by atoms with van der Waals surface area (Å²) in [7, 11) is -3.11. The van der Waals surface area contributed by atoms with Crippen LogP contribution in [0.3, 0.4) is 0 Å². The number of halogens is 2. The molecular weight excluding hydrogens is 557 g/mol. The van der Waals surface area contributed by atoms with Crippen LogP contribution in [-0.2, 0) is 29.9 Å². The predicted molar refractivity (Wildman–Crippen MR) is 152 cm³/mol. The van der Waals surface area contributed by atoms with Crippen LogP contribution in [0.2, 0.25) is 10.0 Å². The minimum atomic E-state index is -3.11. The third kappa shape index (κ3) is 11.7. The Hall–Kier alpha value is -3.77. The molecular formula is C29H27Cl2N3O4S. The highest BCUT2D eigenvalue weighted by molar-refractivity contribution is 7.59. The minimum Gasteiger partial charge on any atom is -0.456 e. The van der Waals surface area contributed by atoms with Gasteiger partial charge in [0.05, 0.1) is 33.1 Å². The lowest BCUT2D eigenvalue weighted by atomic mass is 10.1. The van der Waals surface area contributed by atoms with E-state index in [1.807, 2.05) is 49.4 Å². The van der Waals surface area contributed by atoms with Crippen molar-refractivity contribution in [1.82, 2.24) is 9.97 Å². The van der Waals surface area contributed by atoms with Crippen LogP contribution in [0.4, 0.5) is 0 Å². The molecule has 0 aliphatic rings. The molecule has 1 aromatic heterocycles. The van der Waals surface area contributed by atoms with Gasteiger partial charge in [0.15, 0.2) is 0 Å². The van der Waals surface area contributed by atoms with E-state index in [-0.39, 0.29) is 0 Å². The summed E-state index contributed by atoms with van der Waals surface area (Å²) in [5, 5.41) is 10.00. The van der Waals surface area contributed by atoms with Crippen LogP contribution in [0.1, 0.15) is 41.4 Å². The lowest BCUT2D eigenvalue weighted by Gasteiger charge is -2.09. The van der Waals surface area contributed by atoms with Gasteiger partial charge >= 0.3 is 10.6 Å². The van der Waals surface area contributed by atoms with Gasteiger partial charge < -0.3 is 4.74 Å². The Balaban J connectivity index is 0.000000404. The number of benzene rings is 3. The molecule has 4 aromatic rings. The van der Waals surface area contributed by atoms with Crippen molar-refractivity contribution in [1.29, 1.82) is 5.26 Å². The van der Waals surface area contributed by atoms with Crippen LogP contribution in [0.25, 0.3) is 0 Å². The maximum absolute atomic E-state index is 8.89. The zero-order chi connectivity index (χ0) is 28.6. The Bertz CT molecular complexity index is 1490. The van der Waals surface area contributed by atoms with Crippen LogP contribution >= 0.6 is 23.2 Å². The summed E-state index contributed by atoms with van der Waals surface area (Å²) in [6.45, 7) is 4.12. The van der Waals surface area contributed by atoms with Gasteiger partial charge in [-0.25, -0.2) is 9.97 Å². The molecule has 7 nitrogen and oxygen atoms in total. The molecule has 0 amide bonds. The van der Waals surface area contributed by atoms with Gasteiger partial charge in [0.25, 0.3) is 0 Å². The van der Waals surface area contributed by atoms with Gasteiger partial charge in [-0.3, -0.25) is 0 Å². The average Bonchev–Trinajstić information content (AvgIpc) is 2.92. The van der Waals surface area contributed by atoms with E-state index in [0.717, 1.165) is 37.1 Å². The van der Waals surface area contributed by atoms with E-state index in [1.165, 1.54) is 11.1 Å². The molecule has 0 aliphatic carbocycles. The molecule has 0 fully saturated rings. The summed E-state index contributed by atoms with van der Waals surface area (Å²) in [5.74, 6) is 1.22. The SMILES string of the molecule is CCc1ncnc(CCCc2ccc(Oc3ccc(C#N)cc3Cl)cc2)c1Cl.Cc1ccccc1.O=S(=O)=O. The number of ether oxygens (including phenoxy) is 1. The van der Waals surface area contributed by atoms with Crippen molar-refractivity contribution < 1.29 is 17.4 Å².